The Kier molecular flexibility index (Phi) is 5.05. The third kappa shape index (κ3) is 3.88. The van der Waals surface area contributed by atoms with Gasteiger partial charge in [-0.05, 0) is 38.1 Å². The van der Waals surface area contributed by atoms with Crippen LogP contribution in [0.2, 0.25) is 0 Å². The Labute approximate surface area is 123 Å². The van der Waals surface area contributed by atoms with Crippen molar-refractivity contribution in [3.63, 3.8) is 0 Å². The summed E-state index contributed by atoms with van der Waals surface area (Å²) in [5.41, 5.74) is 1.49. The average molecular weight is 289 g/mol. The number of carbonyl (C=O) groups is 3. The summed E-state index contributed by atoms with van der Waals surface area (Å²) in [5.74, 6) is -1.01. The standard InChI is InChI=1S/C15H19N3O3/c1-16-9-8-10-4-2-3-5-11(10)14(20)17-12-6-7-13(19)18-15(12)21/h2-5,12,16H,6-9H2,1H3,(H,17,20)(H,18,19,21). The van der Waals surface area contributed by atoms with Crippen LogP contribution < -0.4 is 16.0 Å². The van der Waals surface area contributed by atoms with Crippen molar-refractivity contribution < 1.29 is 14.4 Å². The lowest BCUT2D eigenvalue weighted by molar-refractivity contribution is -0.134. The van der Waals surface area contributed by atoms with Gasteiger partial charge in [-0.25, -0.2) is 0 Å². The second-order valence-electron chi connectivity index (χ2n) is 4.99. The molecule has 1 fully saturated rings. The predicted molar refractivity (Wildman–Crippen MR) is 77.7 cm³/mol. The van der Waals surface area contributed by atoms with Gasteiger partial charge in [0.05, 0.1) is 0 Å². The minimum atomic E-state index is -0.646. The molecule has 1 aliphatic rings. The quantitative estimate of drug-likeness (QED) is 0.665. The Morgan fingerprint density at radius 2 is 2.10 bits per heavy atom. The Hall–Kier alpha value is -2.21. The van der Waals surface area contributed by atoms with Crippen LogP contribution in [0.25, 0.3) is 0 Å². The van der Waals surface area contributed by atoms with Crippen LogP contribution in [0.3, 0.4) is 0 Å². The normalized spacial score (nSPS) is 18.2. The van der Waals surface area contributed by atoms with Crippen molar-refractivity contribution in [2.24, 2.45) is 0 Å². The highest BCUT2D eigenvalue weighted by Crippen LogP contribution is 2.11. The van der Waals surface area contributed by atoms with Crippen LogP contribution in [0.4, 0.5) is 0 Å². The number of piperidine rings is 1. The molecule has 1 aromatic carbocycles. The third-order valence-corrected chi connectivity index (χ3v) is 3.45. The smallest absolute Gasteiger partial charge is 0.252 e. The number of rotatable bonds is 5. The molecule has 0 spiro atoms. The molecule has 21 heavy (non-hydrogen) atoms. The molecule has 0 saturated carbocycles. The van der Waals surface area contributed by atoms with Crippen LogP contribution in [0, 0.1) is 0 Å². The van der Waals surface area contributed by atoms with E-state index in [0.717, 1.165) is 18.5 Å². The number of nitrogens with one attached hydrogen (secondary N) is 3. The summed E-state index contributed by atoms with van der Waals surface area (Å²) in [6.45, 7) is 0.767. The summed E-state index contributed by atoms with van der Waals surface area (Å²) >= 11 is 0. The van der Waals surface area contributed by atoms with Crippen molar-refractivity contribution in [1.82, 2.24) is 16.0 Å². The maximum absolute atomic E-state index is 12.3. The largest absolute Gasteiger partial charge is 0.340 e. The van der Waals surface area contributed by atoms with E-state index in [2.05, 4.69) is 16.0 Å². The van der Waals surface area contributed by atoms with Crippen molar-refractivity contribution >= 4 is 17.7 Å². The van der Waals surface area contributed by atoms with Crippen LogP contribution in [-0.4, -0.2) is 37.4 Å². The molecule has 0 aromatic heterocycles. The number of carbonyl (C=O) groups excluding carboxylic acids is 3. The number of likely N-dealkylation sites (N-methyl/N-ethyl adjacent to an activating group) is 1. The second kappa shape index (κ2) is 6.99. The van der Waals surface area contributed by atoms with Gasteiger partial charge in [0.1, 0.15) is 6.04 Å². The first kappa shape index (κ1) is 15.2. The molecule has 1 heterocycles. The Morgan fingerprint density at radius 1 is 1.33 bits per heavy atom. The number of amides is 3. The molecule has 1 unspecified atom stereocenters. The van der Waals surface area contributed by atoms with Crippen molar-refractivity contribution in [3.8, 4) is 0 Å². The van der Waals surface area contributed by atoms with Gasteiger partial charge in [-0.15, -0.1) is 0 Å². The zero-order valence-electron chi connectivity index (χ0n) is 11.9. The Balaban J connectivity index is 2.06. The molecule has 2 rings (SSSR count). The molecule has 6 nitrogen and oxygen atoms in total. The zero-order valence-corrected chi connectivity index (χ0v) is 11.9. The number of benzene rings is 1. The SMILES string of the molecule is CNCCc1ccccc1C(=O)NC1CCC(=O)NC1=O. The van der Waals surface area contributed by atoms with Gasteiger partial charge >= 0.3 is 0 Å². The highest BCUT2D eigenvalue weighted by atomic mass is 16.2. The minimum absolute atomic E-state index is 0.248. The summed E-state index contributed by atoms with van der Waals surface area (Å²) in [6, 6.07) is 6.67. The number of hydrogen-bond donors (Lipinski definition) is 3. The number of hydrogen-bond acceptors (Lipinski definition) is 4. The molecule has 0 radical (unpaired) electrons. The summed E-state index contributed by atoms with van der Waals surface area (Å²) in [6.07, 6.45) is 1.32. The van der Waals surface area contributed by atoms with E-state index in [1.165, 1.54) is 0 Å². The van der Waals surface area contributed by atoms with Crippen LogP contribution >= 0.6 is 0 Å². The van der Waals surface area contributed by atoms with E-state index in [1.807, 2.05) is 19.2 Å². The van der Waals surface area contributed by atoms with Gasteiger partial charge in [-0.2, -0.15) is 0 Å². The lowest BCUT2D eigenvalue weighted by atomic mass is 10.0. The van der Waals surface area contributed by atoms with Gasteiger partial charge in [0.15, 0.2) is 0 Å². The fourth-order valence-electron chi connectivity index (χ4n) is 2.29. The lowest BCUT2D eigenvalue weighted by Gasteiger charge is -2.22. The fraction of sp³-hybridized carbons (Fsp3) is 0.400. The first-order valence-corrected chi connectivity index (χ1v) is 6.99. The highest BCUT2D eigenvalue weighted by Gasteiger charge is 2.28. The Bertz CT molecular complexity index is 557. The molecule has 1 atom stereocenters. The van der Waals surface area contributed by atoms with E-state index < -0.39 is 11.9 Å². The topological polar surface area (TPSA) is 87.3 Å². The van der Waals surface area contributed by atoms with Crippen LogP contribution in [0.1, 0.15) is 28.8 Å². The van der Waals surface area contributed by atoms with Gasteiger partial charge in [0, 0.05) is 12.0 Å². The molecule has 3 N–H and O–H groups in total. The maximum atomic E-state index is 12.3. The third-order valence-electron chi connectivity index (χ3n) is 3.45. The lowest BCUT2D eigenvalue weighted by Crippen LogP contribution is -2.52. The molecule has 3 amide bonds. The zero-order chi connectivity index (χ0) is 15.2. The van der Waals surface area contributed by atoms with Gasteiger partial charge in [0.25, 0.3) is 5.91 Å². The van der Waals surface area contributed by atoms with Crippen LogP contribution in [0.15, 0.2) is 24.3 Å². The monoisotopic (exact) mass is 289 g/mol. The molecule has 0 bridgehead atoms. The summed E-state index contributed by atoms with van der Waals surface area (Å²) in [7, 11) is 1.85. The molecule has 1 aromatic rings. The average Bonchev–Trinajstić information content (AvgIpc) is 2.48. The van der Waals surface area contributed by atoms with E-state index in [1.54, 1.807) is 12.1 Å². The second-order valence-corrected chi connectivity index (χ2v) is 4.99. The summed E-state index contributed by atoms with van der Waals surface area (Å²) in [5, 5.41) is 7.97. The molecule has 112 valence electrons. The fourth-order valence-corrected chi connectivity index (χ4v) is 2.29. The van der Waals surface area contributed by atoms with Gasteiger partial charge in [0.2, 0.25) is 11.8 Å². The molecule has 1 saturated heterocycles. The predicted octanol–water partition coefficient (Wildman–Crippen LogP) is -0.0165. The van der Waals surface area contributed by atoms with E-state index in [9.17, 15) is 14.4 Å². The summed E-state index contributed by atoms with van der Waals surface area (Å²) in [4.78, 5) is 35.1. The molecular weight excluding hydrogens is 270 g/mol. The Morgan fingerprint density at radius 3 is 2.81 bits per heavy atom. The molecule has 6 heteroatoms. The molecule has 0 aliphatic carbocycles. The van der Waals surface area contributed by atoms with Gasteiger partial charge < -0.3 is 10.6 Å². The van der Waals surface area contributed by atoms with Crippen LogP contribution in [-0.2, 0) is 16.0 Å². The highest BCUT2D eigenvalue weighted by molar-refractivity contribution is 6.04. The first-order valence-electron chi connectivity index (χ1n) is 6.99. The van der Waals surface area contributed by atoms with E-state index >= 15 is 0 Å². The van der Waals surface area contributed by atoms with E-state index in [-0.39, 0.29) is 18.2 Å². The molecule has 1 aliphatic heterocycles. The van der Waals surface area contributed by atoms with E-state index in [0.29, 0.717) is 12.0 Å². The van der Waals surface area contributed by atoms with Gasteiger partial charge in [-0.1, -0.05) is 18.2 Å². The maximum Gasteiger partial charge on any atom is 0.252 e. The van der Waals surface area contributed by atoms with Crippen molar-refractivity contribution in [3.05, 3.63) is 35.4 Å². The first-order chi connectivity index (χ1) is 10.1. The van der Waals surface area contributed by atoms with Crippen molar-refractivity contribution in [2.45, 2.75) is 25.3 Å². The summed E-state index contributed by atoms with van der Waals surface area (Å²) < 4.78 is 0. The van der Waals surface area contributed by atoms with Gasteiger partial charge in [-0.3, -0.25) is 19.7 Å². The van der Waals surface area contributed by atoms with Crippen molar-refractivity contribution in [1.29, 1.82) is 0 Å². The molecular formula is C15H19N3O3. The number of imide groups is 1. The van der Waals surface area contributed by atoms with Crippen LogP contribution in [0.5, 0.6) is 0 Å². The van der Waals surface area contributed by atoms with Crippen molar-refractivity contribution in [2.75, 3.05) is 13.6 Å². The van der Waals surface area contributed by atoms with E-state index in [4.69, 9.17) is 0 Å². The minimum Gasteiger partial charge on any atom is -0.340 e.